The zero-order valence-electron chi connectivity index (χ0n) is 19.3. The first kappa shape index (κ1) is 26.7. The number of nitrogens with zero attached hydrogens (tertiary/aromatic N) is 2. The van der Waals surface area contributed by atoms with Gasteiger partial charge in [-0.1, -0.05) is 54.9 Å². The number of hydrogen-bond acceptors (Lipinski definition) is 4. The SMILES string of the molecule is CCCNC(=O)C(C)N(Cc1ccccc1)C(=O)CCCN(c1cccc(Cl)c1)S(C)(=O)=O. The molecule has 9 heteroatoms. The summed E-state index contributed by atoms with van der Waals surface area (Å²) in [6.45, 7) is 4.64. The number of amides is 2. The minimum Gasteiger partial charge on any atom is -0.354 e. The van der Waals surface area contributed by atoms with E-state index in [4.69, 9.17) is 11.6 Å². The Hall–Kier alpha value is -2.58. The van der Waals surface area contributed by atoms with Gasteiger partial charge >= 0.3 is 0 Å². The van der Waals surface area contributed by atoms with E-state index in [0.717, 1.165) is 18.2 Å². The average molecular weight is 494 g/mol. The van der Waals surface area contributed by atoms with Crippen LogP contribution in [0.5, 0.6) is 0 Å². The highest BCUT2D eigenvalue weighted by atomic mass is 35.5. The Labute approximate surface area is 201 Å². The fraction of sp³-hybridized carbons (Fsp3) is 0.417. The lowest BCUT2D eigenvalue weighted by atomic mass is 10.1. The molecule has 0 spiro atoms. The quantitative estimate of drug-likeness (QED) is 0.486. The van der Waals surface area contributed by atoms with Crippen molar-refractivity contribution in [3.05, 3.63) is 65.2 Å². The zero-order chi connectivity index (χ0) is 24.4. The van der Waals surface area contributed by atoms with Gasteiger partial charge in [-0.05, 0) is 43.5 Å². The van der Waals surface area contributed by atoms with E-state index in [1.54, 1.807) is 36.1 Å². The Morgan fingerprint density at radius 2 is 1.79 bits per heavy atom. The molecule has 2 aromatic rings. The van der Waals surface area contributed by atoms with Gasteiger partial charge in [0.2, 0.25) is 21.8 Å². The summed E-state index contributed by atoms with van der Waals surface area (Å²) in [6.07, 6.45) is 2.32. The molecule has 0 radical (unpaired) electrons. The van der Waals surface area contributed by atoms with E-state index in [2.05, 4.69) is 5.32 Å². The minimum absolute atomic E-state index is 0.102. The van der Waals surface area contributed by atoms with Gasteiger partial charge < -0.3 is 10.2 Å². The smallest absolute Gasteiger partial charge is 0.242 e. The second kappa shape index (κ2) is 12.6. The van der Waals surface area contributed by atoms with Crippen molar-refractivity contribution in [2.24, 2.45) is 0 Å². The van der Waals surface area contributed by atoms with Gasteiger partial charge in [-0.2, -0.15) is 0 Å². The number of hydrogen-bond donors (Lipinski definition) is 1. The second-order valence-electron chi connectivity index (χ2n) is 7.89. The lowest BCUT2D eigenvalue weighted by molar-refractivity contribution is -0.140. The Morgan fingerprint density at radius 1 is 1.09 bits per heavy atom. The van der Waals surface area contributed by atoms with Crippen LogP contribution in [0.4, 0.5) is 5.69 Å². The maximum absolute atomic E-state index is 13.1. The maximum atomic E-state index is 13.1. The van der Waals surface area contributed by atoms with Crippen molar-refractivity contribution >= 4 is 39.1 Å². The lowest BCUT2D eigenvalue weighted by Crippen LogP contribution is -2.47. The van der Waals surface area contributed by atoms with Gasteiger partial charge in [-0.25, -0.2) is 8.42 Å². The fourth-order valence-electron chi connectivity index (χ4n) is 3.39. The summed E-state index contributed by atoms with van der Waals surface area (Å²) < 4.78 is 25.9. The van der Waals surface area contributed by atoms with Gasteiger partial charge in [0, 0.05) is 31.1 Å². The summed E-state index contributed by atoms with van der Waals surface area (Å²) in [5.74, 6) is -0.421. The number of carbonyl (C=O) groups is 2. The van der Waals surface area contributed by atoms with Crippen LogP contribution < -0.4 is 9.62 Å². The average Bonchev–Trinajstić information content (AvgIpc) is 2.77. The monoisotopic (exact) mass is 493 g/mol. The van der Waals surface area contributed by atoms with E-state index in [-0.39, 0.29) is 24.8 Å². The third-order valence-electron chi connectivity index (χ3n) is 5.16. The van der Waals surface area contributed by atoms with Crippen LogP contribution in [0.25, 0.3) is 0 Å². The van der Waals surface area contributed by atoms with E-state index in [9.17, 15) is 18.0 Å². The van der Waals surface area contributed by atoms with Crippen LogP contribution in [0.3, 0.4) is 0 Å². The highest BCUT2D eigenvalue weighted by molar-refractivity contribution is 7.92. The van der Waals surface area contributed by atoms with Gasteiger partial charge in [0.25, 0.3) is 0 Å². The Bertz CT molecular complexity index is 1030. The van der Waals surface area contributed by atoms with E-state index < -0.39 is 16.1 Å². The molecule has 0 aliphatic rings. The van der Waals surface area contributed by atoms with Crippen molar-refractivity contribution in [3.8, 4) is 0 Å². The van der Waals surface area contributed by atoms with Crippen LogP contribution in [-0.4, -0.2) is 50.5 Å². The van der Waals surface area contributed by atoms with Crippen molar-refractivity contribution in [2.45, 2.75) is 45.7 Å². The first-order valence-electron chi connectivity index (χ1n) is 11.0. The first-order chi connectivity index (χ1) is 15.6. The number of nitrogens with one attached hydrogen (secondary N) is 1. The molecule has 0 aliphatic heterocycles. The summed E-state index contributed by atoms with van der Waals surface area (Å²) in [6, 6.07) is 15.4. The number of rotatable bonds is 12. The van der Waals surface area contributed by atoms with Crippen LogP contribution in [0.15, 0.2) is 54.6 Å². The number of sulfonamides is 1. The van der Waals surface area contributed by atoms with Gasteiger partial charge in [0.05, 0.1) is 11.9 Å². The molecular weight excluding hydrogens is 462 g/mol. The molecule has 1 N–H and O–H groups in total. The van der Waals surface area contributed by atoms with E-state index in [1.165, 1.54) is 4.31 Å². The summed E-state index contributed by atoms with van der Waals surface area (Å²) in [7, 11) is -3.56. The van der Waals surface area contributed by atoms with Crippen molar-refractivity contribution in [1.29, 1.82) is 0 Å². The minimum atomic E-state index is -3.56. The molecule has 0 aliphatic carbocycles. The molecule has 1 unspecified atom stereocenters. The summed E-state index contributed by atoms with van der Waals surface area (Å²) in [5, 5.41) is 3.27. The number of benzene rings is 2. The number of halogens is 1. The van der Waals surface area contributed by atoms with Crippen LogP contribution in [-0.2, 0) is 26.2 Å². The normalized spacial score (nSPS) is 12.1. The Balaban J connectivity index is 2.12. The van der Waals surface area contributed by atoms with Crippen molar-refractivity contribution in [3.63, 3.8) is 0 Å². The molecule has 2 amide bonds. The lowest BCUT2D eigenvalue weighted by Gasteiger charge is -2.29. The van der Waals surface area contributed by atoms with Crippen molar-refractivity contribution in [2.75, 3.05) is 23.7 Å². The molecule has 2 rings (SSSR count). The van der Waals surface area contributed by atoms with Crippen LogP contribution in [0.2, 0.25) is 5.02 Å². The molecule has 2 aromatic carbocycles. The Kier molecular flexibility index (Phi) is 10.2. The molecule has 0 aromatic heterocycles. The topological polar surface area (TPSA) is 86.8 Å². The van der Waals surface area contributed by atoms with E-state index in [1.807, 2.05) is 37.3 Å². The van der Waals surface area contributed by atoms with E-state index in [0.29, 0.717) is 30.2 Å². The number of carbonyl (C=O) groups excluding carboxylic acids is 2. The molecule has 180 valence electrons. The van der Waals surface area contributed by atoms with E-state index >= 15 is 0 Å². The maximum Gasteiger partial charge on any atom is 0.242 e. The molecule has 1 atom stereocenters. The van der Waals surface area contributed by atoms with Gasteiger partial charge in [-0.3, -0.25) is 13.9 Å². The van der Waals surface area contributed by atoms with Gasteiger partial charge in [0.1, 0.15) is 6.04 Å². The standard InChI is InChI=1S/C24H32ClN3O4S/c1-4-15-26-24(30)19(2)27(18-20-10-6-5-7-11-20)23(29)14-9-16-28(33(3,31)32)22-13-8-12-21(25)17-22/h5-8,10-13,17,19H,4,9,14-16,18H2,1-3H3,(H,26,30). The molecule has 0 fully saturated rings. The third kappa shape index (κ3) is 8.37. The van der Waals surface area contributed by atoms with Gasteiger partial charge in [-0.15, -0.1) is 0 Å². The summed E-state index contributed by atoms with van der Waals surface area (Å²) in [4.78, 5) is 27.3. The Morgan fingerprint density at radius 3 is 2.39 bits per heavy atom. The zero-order valence-corrected chi connectivity index (χ0v) is 20.9. The molecule has 0 saturated heterocycles. The first-order valence-corrected chi connectivity index (χ1v) is 13.2. The van der Waals surface area contributed by atoms with Crippen molar-refractivity contribution in [1.82, 2.24) is 10.2 Å². The predicted molar refractivity (Wildman–Crippen MR) is 133 cm³/mol. The van der Waals surface area contributed by atoms with Crippen LogP contribution >= 0.6 is 11.6 Å². The fourth-order valence-corrected chi connectivity index (χ4v) is 4.54. The highest BCUT2D eigenvalue weighted by Gasteiger charge is 2.26. The predicted octanol–water partition coefficient (Wildman–Crippen LogP) is 3.83. The second-order valence-corrected chi connectivity index (χ2v) is 10.2. The molecule has 33 heavy (non-hydrogen) atoms. The molecule has 0 heterocycles. The van der Waals surface area contributed by atoms with Gasteiger partial charge in [0.15, 0.2) is 0 Å². The largest absolute Gasteiger partial charge is 0.354 e. The molecule has 0 saturated carbocycles. The van der Waals surface area contributed by atoms with Crippen molar-refractivity contribution < 1.29 is 18.0 Å². The highest BCUT2D eigenvalue weighted by Crippen LogP contribution is 2.22. The van der Waals surface area contributed by atoms with Crippen LogP contribution in [0.1, 0.15) is 38.7 Å². The third-order valence-corrected chi connectivity index (χ3v) is 6.59. The van der Waals surface area contributed by atoms with Crippen LogP contribution in [0, 0.1) is 0 Å². The molecular formula is C24H32ClN3O4S. The molecule has 0 bridgehead atoms. The number of anilines is 1. The molecule has 7 nitrogen and oxygen atoms in total. The summed E-state index contributed by atoms with van der Waals surface area (Å²) in [5.41, 5.74) is 1.36. The summed E-state index contributed by atoms with van der Waals surface area (Å²) >= 11 is 6.02.